The van der Waals surface area contributed by atoms with E-state index in [2.05, 4.69) is 29.5 Å². The highest BCUT2D eigenvalue weighted by Crippen LogP contribution is 2.16. The third kappa shape index (κ3) is 2.83. The maximum Gasteiger partial charge on any atom is 0.118 e. The number of methoxy groups -OCH3 is 1. The van der Waals surface area contributed by atoms with Gasteiger partial charge in [0, 0.05) is 19.8 Å². The largest absolute Gasteiger partial charge is 0.497 e. The zero-order chi connectivity index (χ0) is 13.0. The van der Waals surface area contributed by atoms with Gasteiger partial charge in [0.15, 0.2) is 0 Å². The number of aromatic nitrogens is 2. The second-order valence-electron chi connectivity index (χ2n) is 4.22. The summed E-state index contributed by atoms with van der Waals surface area (Å²) in [5.41, 5.74) is 3.43. The van der Waals surface area contributed by atoms with Gasteiger partial charge in [-0.05, 0) is 24.1 Å². The summed E-state index contributed by atoms with van der Waals surface area (Å²) in [5.74, 6) is 0.884. The molecular weight excluding hydrogens is 226 g/mol. The lowest BCUT2D eigenvalue weighted by molar-refractivity contribution is 0.414. The van der Waals surface area contributed by atoms with E-state index >= 15 is 0 Å². The maximum atomic E-state index is 5.14. The van der Waals surface area contributed by atoms with Crippen LogP contribution in [0, 0.1) is 0 Å². The molecule has 0 unspecified atom stereocenters. The summed E-state index contributed by atoms with van der Waals surface area (Å²) in [6, 6.07) is 8.07. The van der Waals surface area contributed by atoms with Gasteiger partial charge in [-0.3, -0.25) is 4.68 Å². The van der Waals surface area contributed by atoms with Crippen molar-refractivity contribution in [2.75, 3.05) is 12.4 Å². The minimum absolute atomic E-state index is 0.794. The monoisotopic (exact) mass is 245 g/mol. The summed E-state index contributed by atoms with van der Waals surface area (Å²) >= 11 is 0. The Kier molecular flexibility index (Phi) is 3.87. The first-order valence-corrected chi connectivity index (χ1v) is 6.12. The first-order chi connectivity index (χ1) is 8.72. The van der Waals surface area contributed by atoms with E-state index in [0.717, 1.165) is 30.1 Å². The molecule has 2 aromatic rings. The average Bonchev–Trinajstić information content (AvgIpc) is 2.77. The van der Waals surface area contributed by atoms with Gasteiger partial charge in [-0.2, -0.15) is 5.10 Å². The topological polar surface area (TPSA) is 39.1 Å². The smallest absolute Gasteiger partial charge is 0.118 e. The van der Waals surface area contributed by atoms with Crippen molar-refractivity contribution in [1.82, 2.24) is 9.78 Å². The van der Waals surface area contributed by atoms with Gasteiger partial charge in [-0.25, -0.2) is 0 Å². The molecule has 0 aliphatic rings. The Morgan fingerprint density at radius 2 is 2.00 bits per heavy atom. The van der Waals surface area contributed by atoms with Crippen LogP contribution in [0.1, 0.15) is 18.2 Å². The number of hydrogen-bond acceptors (Lipinski definition) is 3. The minimum atomic E-state index is 0.794. The zero-order valence-electron chi connectivity index (χ0n) is 11.1. The molecule has 0 atom stereocenters. The van der Waals surface area contributed by atoms with Gasteiger partial charge < -0.3 is 10.1 Å². The Hall–Kier alpha value is -1.97. The van der Waals surface area contributed by atoms with Gasteiger partial charge in [-0.15, -0.1) is 0 Å². The van der Waals surface area contributed by atoms with Gasteiger partial charge >= 0.3 is 0 Å². The van der Waals surface area contributed by atoms with Crippen molar-refractivity contribution < 1.29 is 4.74 Å². The molecule has 0 spiro atoms. The molecule has 0 bridgehead atoms. The highest BCUT2D eigenvalue weighted by atomic mass is 16.5. The molecule has 1 N–H and O–H groups in total. The summed E-state index contributed by atoms with van der Waals surface area (Å²) in [6.45, 7) is 2.91. The fourth-order valence-electron chi connectivity index (χ4n) is 1.88. The highest BCUT2D eigenvalue weighted by molar-refractivity contribution is 5.47. The van der Waals surface area contributed by atoms with Crippen molar-refractivity contribution >= 4 is 5.69 Å². The molecule has 0 aliphatic carbocycles. The van der Waals surface area contributed by atoms with Gasteiger partial charge in [0.25, 0.3) is 0 Å². The third-order valence-corrected chi connectivity index (χ3v) is 2.88. The van der Waals surface area contributed by atoms with Crippen LogP contribution in [0.3, 0.4) is 0 Å². The van der Waals surface area contributed by atoms with Crippen molar-refractivity contribution in [3.05, 3.63) is 41.7 Å². The summed E-state index contributed by atoms with van der Waals surface area (Å²) in [4.78, 5) is 0. The lowest BCUT2D eigenvalue weighted by Crippen LogP contribution is -2.00. The zero-order valence-corrected chi connectivity index (χ0v) is 11.1. The first kappa shape index (κ1) is 12.5. The Morgan fingerprint density at radius 1 is 1.28 bits per heavy atom. The fraction of sp³-hybridized carbons (Fsp3) is 0.357. The van der Waals surface area contributed by atoms with E-state index < -0.39 is 0 Å². The van der Waals surface area contributed by atoms with Gasteiger partial charge in [-0.1, -0.05) is 19.1 Å². The van der Waals surface area contributed by atoms with Crippen LogP contribution in [0.2, 0.25) is 0 Å². The summed E-state index contributed by atoms with van der Waals surface area (Å²) in [5, 5.41) is 7.82. The summed E-state index contributed by atoms with van der Waals surface area (Å²) in [7, 11) is 3.62. The van der Waals surface area contributed by atoms with Crippen LogP contribution in [0.25, 0.3) is 0 Å². The molecule has 1 aromatic carbocycles. The van der Waals surface area contributed by atoms with E-state index in [1.54, 1.807) is 7.11 Å². The Morgan fingerprint density at radius 3 is 2.61 bits per heavy atom. The molecule has 0 aliphatic heterocycles. The molecule has 1 aromatic heterocycles. The van der Waals surface area contributed by atoms with Crippen LogP contribution in [0.4, 0.5) is 5.69 Å². The SMILES string of the molecule is CCc1nn(C)cc1NCc1ccc(OC)cc1. The molecule has 0 fully saturated rings. The van der Waals surface area contributed by atoms with Crippen molar-refractivity contribution in [2.45, 2.75) is 19.9 Å². The molecular formula is C14H19N3O. The van der Waals surface area contributed by atoms with Gasteiger partial charge in [0.2, 0.25) is 0 Å². The number of anilines is 1. The van der Waals surface area contributed by atoms with E-state index in [0.29, 0.717) is 0 Å². The van der Waals surface area contributed by atoms with Gasteiger partial charge in [0.1, 0.15) is 5.75 Å². The van der Waals surface area contributed by atoms with Crippen molar-refractivity contribution in [1.29, 1.82) is 0 Å². The molecule has 4 nitrogen and oxygen atoms in total. The lowest BCUT2D eigenvalue weighted by Gasteiger charge is -2.06. The van der Waals surface area contributed by atoms with Crippen LogP contribution in [-0.2, 0) is 20.0 Å². The summed E-state index contributed by atoms with van der Waals surface area (Å²) in [6.07, 6.45) is 2.95. The first-order valence-electron chi connectivity index (χ1n) is 6.12. The second kappa shape index (κ2) is 5.58. The number of nitrogens with zero attached hydrogens (tertiary/aromatic N) is 2. The number of benzene rings is 1. The van der Waals surface area contributed by atoms with Crippen molar-refractivity contribution in [3.63, 3.8) is 0 Å². The minimum Gasteiger partial charge on any atom is -0.497 e. The van der Waals surface area contributed by atoms with Crippen LogP contribution < -0.4 is 10.1 Å². The molecule has 0 saturated carbocycles. The maximum absolute atomic E-state index is 5.14. The molecule has 18 heavy (non-hydrogen) atoms. The lowest BCUT2D eigenvalue weighted by atomic mass is 10.2. The molecule has 0 amide bonds. The molecule has 0 radical (unpaired) electrons. The van der Waals surface area contributed by atoms with Crippen molar-refractivity contribution in [2.24, 2.45) is 7.05 Å². The molecule has 1 heterocycles. The van der Waals surface area contributed by atoms with E-state index in [4.69, 9.17) is 4.74 Å². The predicted octanol–water partition coefficient (Wildman–Crippen LogP) is 2.60. The van der Waals surface area contributed by atoms with Crippen LogP contribution in [0.5, 0.6) is 5.75 Å². The number of hydrogen-bond donors (Lipinski definition) is 1. The summed E-state index contributed by atoms with van der Waals surface area (Å²) < 4.78 is 6.98. The number of ether oxygens (including phenoxy) is 1. The van der Waals surface area contributed by atoms with E-state index in [1.807, 2.05) is 30.1 Å². The highest BCUT2D eigenvalue weighted by Gasteiger charge is 2.04. The van der Waals surface area contributed by atoms with Crippen LogP contribution >= 0.6 is 0 Å². The van der Waals surface area contributed by atoms with Crippen LogP contribution in [0.15, 0.2) is 30.5 Å². The fourth-order valence-corrected chi connectivity index (χ4v) is 1.88. The molecule has 4 heteroatoms. The Labute approximate surface area is 108 Å². The molecule has 2 rings (SSSR count). The third-order valence-electron chi connectivity index (χ3n) is 2.88. The average molecular weight is 245 g/mol. The van der Waals surface area contributed by atoms with E-state index in [-0.39, 0.29) is 0 Å². The van der Waals surface area contributed by atoms with E-state index in [1.165, 1.54) is 5.56 Å². The normalized spacial score (nSPS) is 10.4. The van der Waals surface area contributed by atoms with Crippen molar-refractivity contribution in [3.8, 4) is 5.75 Å². The predicted molar refractivity (Wildman–Crippen MR) is 72.9 cm³/mol. The number of aryl methyl sites for hydroxylation is 2. The Balaban J connectivity index is 2.01. The number of nitrogens with one attached hydrogen (secondary N) is 1. The molecule has 96 valence electrons. The number of rotatable bonds is 5. The Bertz CT molecular complexity index is 502. The van der Waals surface area contributed by atoms with E-state index in [9.17, 15) is 0 Å². The van der Waals surface area contributed by atoms with Gasteiger partial charge in [0.05, 0.1) is 18.5 Å². The quantitative estimate of drug-likeness (QED) is 0.880. The second-order valence-corrected chi connectivity index (χ2v) is 4.22. The standard InChI is InChI=1S/C14H19N3O/c1-4-13-14(10-17(2)16-13)15-9-11-5-7-12(18-3)8-6-11/h5-8,10,15H,4,9H2,1-3H3. The molecule has 0 saturated heterocycles. The van der Waals surface area contributed by atoms with Crippen LogP contribution in [-0.4, -0.2) is 16.9 Å².